The van der Waals surface area contributed by atoms with Gasteiger partial charge in [0.1, 0.15) is 0 Å². The zero-order valence-electron chi connectivity index (χ0n) is 11.6. The van der Waals surface area contributed by atoms with Crippen LogP contribution in [-0.4, -0.2) is 16.7 Å². The number of aryl methyl sites for hydroxylation is 1. The zero-order chi connectivity index (χ0) is 14.8. The maximum absolute atomic E-state index is 12.3. The molecule has 0 bridgehead atoms. The molecule has 1 aliphatic carbocycles. The highest BCUT2D eigenvalue weighted by Gasteiger charge is 2.25. The summed E-state index contributed by atoms with van der Waals surface area (Å²) in [6, 6.07) is 9.19. The van der Waals surface area contributed by atoms with Crippen LogP contribution in [0.4, 0.5) is 5.69 Å². The lowest BCUT2D eigenvalue weighted by Crippen LogP contribution is -2.23. The summed E-state index contributed by atoms with van der Waals surface area (Å²) in [5.41, 5.74) is 4.14. The smallest absolute Gasteiger partial charge is 0.296 e. The van der Waals surface area contributed by atoms with Crippen molar-refractivity contribution in [1.82, 2.24) is 4.98 Å². The Balaban J connectivity index is 1.80. The van der Waals surface area contributed by atoms with Gasteiger partial charge in [-0.15, -0.1) is 0 Å². The van der Waals surface area contributed by atoms with Gasteiger partial charge >= 0.3 is 0 Å². The SMILES string of the molecule is Cc1ccc2c(c1)CC=C2C(=O)C(=O)Nc1ccncc1. The van der Waals surface area contributed by atoms with Crippen molar-refractivity contribution in [2.24, 2.45) is 0 Å². The first-order valence-electron chi connectivity index (χ1n) is 6.71. The van der Waals surface area contributed by atoms with Crippen LogP contribution in [0.25, 0.3) is 5.57 Å². The molecule has 0 saturated carbocycles. The van der Waals surface area contributed by atoms with Crippen molar-refractivity contribution in [2.45, 2.75) is 13.3 Å². The molecule has 0 fully saturated rings. The van der Waals surface area contributed by atoms with Crippen LogP contribution in [0.2, 0.25) is 0 Å². The first kappa shape index (κ1) is 13.2. The van der Waals surface area contributed by atoms with E-state index in [0.29, 0.717) is 17.7 Å². The summed E-state index contributed by atoms with van der Waals surface area (Å²) in [5.74, 6) is -1.13. The lowest BCUT2D eigenvalue weighted by molar-refractivity contribution is -0.131. The van der Waals surface area contributed by atoms with E-state index in [9.17, 15) is 9.59 Å². The lowest BCUT2D eigenvalue weighted by atomic mass is 10.0. The first-order valence-corrected chi connectivity index (χ1v) is 6.71. The molecule has 0 radical (unpaired) electrons. The standard InChI is InChI=1S/C17H14N2O2/c1-11-2-4-14-12(10-11)3-5-15(14)16(20)17(21)19-13-6-8-18-9-7-13/h2,4-10H,3H2,1H3,(H,18,19,21). The molecular weight excluding hydrogens is 264 g/mol. The Morgan fingerprint density at radius 3 is 2.67 bits per heavy atom. The fourth-order valence-corrected chi connectivity index (χ4v) is 2.44. The molecule has 0 aliphatic heterocycles. The maximum Gasteiger partial charge on any atom is 0.296 e. The van der Waals surface area contributed by atoms with E-state index in [1.54, 1.807) is 24.5 Å². The summed E-state index contributed by atoms with van der Waals surface area (Å²) in [6.07, 6.45) is 5.64. The second-order valence-corrected chi connectivity index (χ2v) is 5.00. The van der Waals surface area contributed by atoms with Gasteiger partial charge in [-0.2, -0.15) is 0 Å². The third-order valence-corrected chi connectivity index (χ3v) is 3.47. The number of allylic oxidation sites excluding steroid dienone is 1. The Morgan fingerprint density at radius 2 is 1.90 bits per heavy atom. The van der Waals surface area contributed by atoms with Crippen LogP contribution in [0.15, 0.2) is 48.8 Å². The fraction of sp³-hybridized carbons (Fsp3) is 0.118. The number of ketones is 1. The van der Waals surface area contributed by atoms with E-state index in [4.69, 9.17) is 0 Å². The third-order valence-electron chi connectivity index (χ3n) is 3.47. The highest BCUT2D eigenvalue weighted by atomic mass is 16.2. The van der Waals surface area contributed by atoms with E-state index < -0.39 is 11.7 Å². The van der Waals surface area contributed by atoms with Crippen molar-refractivity contribution in [3.63, 3.8) is 0 Å². The van der Waals surface area contributed by atoms with Crippen LogP contribution in [-0.2, 0) is 16.0 Å². The number of hydrogen-bond acceptors (Lipinski definition) is 3. The van der Waals surface area contributed by atoms with E-state index in [0.717, 1.165) is 16.7 Å². The van der Waals surface area contributed by atoms with E-state index in [1.165, 1.54) is 0 Å². The molecule has 1 aromatic heterocycles. The van der Waals surface area contributed by atoms with Gasteiger partial charge in [0.25, 0.3) is 11.7 Å². The molecule has 4 heteroatoms. The van der Waals surface area contributed by atoms with Gasteiger partial charge in [-0.05, 0) is 36.6 Å². The minimum atomic E-state index is -0.624. The Hall–Kier alpha value is -2.75. The van der Waals surface area contributed by atoms with Gasteiger partial charge in [0.2, 0.25) is 0 Å². The Kier molecular flexibility index (Phi) is 3.36. The Bertz CT molecular complexity index is 749. The molecule has 104 valence electrons. The summed E-state index contributed by atoms with van der Waals surface area (Å²) in [6.45, 7) is 2.01. The van der Waals surface area contributed by atoms with Crippen molar-refractivity contribution in [2.75, 3.05) is 5.32 Å². The molecule has 2 aromatic rings. The molecule has 1 amide bonds. The van der Waals surface area contributed by atoms with Gasteiger partial charge in [0.05, 0.1) is 0 Å². The number of hydrogen-bond donors (Lipinski definition) is 1. The van der Waals surface area contributed by atoms with Crippen LogP contribution < -0.4 is 5.32 Å². The maximum atomic E-state index is 12.3. The summed E-state index contributed by atoms with van der Waals surface area (Å²) in [7, 11) is 0. The zero-order valence-corrected chi connectivity index (χ0v) is 11.6. The number of aromatic nitrogens is 1. The van der Waals surface area contributed by atoms with Crippen molar-refractivity contribution in [3.8, 4) is 0 Å². The van der Waals surface area contributed by atoms with Crippen molar-refractivity contribution >= 4 is 23.0 Å². The number of carbonyl (C=O) groups excluding carboxylic acids is 2. The number of nitrogens with one attached hydrogen (secondary N) is 1. The number of fused-ring (bicyclic) bond motifs is 1. The molecule has 1 heterocycles. The minimum absolute atomic E-state index is 0.483. The number of rotatable bonds is 3. The van der Waals surface area contributed by atoms with Crippen LogP contribution in [0.1, 0.15) is 16.7 Å². The number of carbonyl (C=O) groups is 2. The summed E-state index contributed by atoms with van der Waals surface area (Å²) < 4.78 is 0. The van der Waals surface area contributed by atoms with E-state index in [1.807, 2.05) is 31.2 Å². The third kappa shape index (κ3) is 2.60. The molecule has 1 N–H and O–H groups in total. The lowest BCUT2D eigenvalue weighted by Gasteiger charge is -2.07. The number of anilines is 1. The second kappa shape index (κ2) is 5.32. The monoisotopic (exact) mass is 278 g/mol. The van der Waals surface area contributed by atoms with Crippen molar-refractivity contribution < 1.29 is 9.59 Å². The van der Waals surface area contributed by atoms with E-state index in [2.05, 4.69) is 10.3 Å². The minimum Gasteiger partial charge on any atom is -0.319 e. The highest BCUT2D eigenvalue weighted by Crippen LogP contribution is 2.29. The molecule has 0 unspecified atom stereocenters. The molecule has 4 nitrogen and oxygen atoms in total. The predicted octanol–water partition coefficient (Wildman–Crippen LogP) is 2.54. The van der Waals surface area contributed by atoms with Crippen molar-refractivity contribution in [1.29, 1.82) is 0 Å². The highest BCUT2D eigenvalue weighted by molar-refractivity contribution is 6.56. The summed E-state index contributed by atoms with van der Waals surface area (Å²) >= 11 is 0. The molecule has 1 aromatic carbocycles. The molecule has 0 saturated heterocycles. The van der Waals surface area contributed by atoms with Gasteiger partial charge in [0, 0.05) is 23.7 Å². The number of nitrogens with zero attached hydrogens (tertiary/aromatic N) is 1. The fourth-order valence-electron chi connectivity index (χ4n) is 2.44. The Morgan fingerprint density at radius 1 is 1.14 bits per heavy atom. The largest absolute Gasteiger partial charge is 0.319 e. The number of pyridine rings is 1. The number of Topliss-reactive ketones (excluding diaryl/α,β-unsaturated/α-hetero) is 1. The average Bonchev–Trinajstić information content (AvgIpc) is 2.90. The molecule has 0 atom stereocenters. The van der Waals surface area contributed by atoms with Crippen LogP contribution in [0.3, 0.4) is 0 Å². The van der Waals surface area contributed by atoms with Crippen LogP contribution >= 0.6 is 0 Å². The molecular formula is C17H14N2O2. The predicted molar refractivity (Wildman–Crippen MR) is 80.7 cm³/mol. The molecule has 3 rings (SSSR count). The number of amides is 1. The van der Waals surface area contributed by atoms with E-state index in [-0.39, 0.29) is 0 Å². The van der Waals surface area contributed by atoms with Crippen LogP contribution in [0, 0.1) is 6.92 Å². The Labute approximate surface area is 122 Å². The first-order chi connectivity index (χ1) is 10.1. The second-order valence-electron chi connectivity index (χ2n) is 5.00. The quantitative estimate of drug-likeness (QED) is 0.878. The summed E-state index contributed by atoms with van der Waals surface area (Å²) in [4.78, 5) is 28.2. The average molecular weight is 278 g/mol. The number of benzene rings is 1. The topological polar surface area (TPSA) is 59.1 Å². The molecule has 1 aliphatic rings. The molecule has 21 heavy (non-hydrogen) atoms. The normalized spacial score (nSPS) is 12.5. The van der Waals surface area contributed by atoms with Gasteiger partial charge in [-0.3, -0.25) is 14.6 Å². The van der Waals surface area contributed by atoms with Gasteiger partial charge in [0.15, 0.2) is 0 Å². The van der Waals surface area contributed by atoms with Gasteiger partial charge < -0.3 is 5.32 Å². The summed E-state index contributed by atoms with van der Waals surface area (Å²) in [5, 5.41) is 2.59. The van der Waals surface area contributed by atoms with Gasteiger partial charge in [-0.1, -0.05) is 29.8 Å². The van der Waals surface area contributed by atoms with Crippen LogP contribution in [0.5, 0.6) is 0 Å². The molecule has 0 spiro atoms. The van der Waals surface area contributed by atoms with Gasteiger partial charge in [-0.25, -0.2) is 0 Å². The van der Waals surface area contributed by atoms with Crippen molar-refractivity contribution in [3.05, 3.63) is 65.5 Å². The van der Waals surface area contributed by atoms with E-state index >= 15 is 0 Å².